The van der Waals surface area contributed by atoms with Crippen molar-refractivity contribution in [3.05, 3.63) is 29.8 Å². The molecule has 1 aliphatic heterocycles. The number of rotatable bonds is 6. The second kappa shape index (κ2) is 7.00. The third-order valence-corrected chi connectivity index (χ3v) is 4.32. The van der Waals surface area contributed by atoms with Crippen LogP contribution in [0.4, 0.5) is 5.69 Å². The molecule has 128 valence electrons. The molecule has 0 aromatic heterocycles. The smallest absolute Gasteiger partial charge is 0.320 e. The summed E-state index contributed by atoms with van der Waals surface area (Å²) in [6.07, 6.45) is 3.38. The molecule has 0 unspecified atom stereocenters. The van der Waals surface area contributed by atoms with Gasteiger partial charge < -0.3 is 15.7 Å². The van der Waals surface area contributed by atoms with Crippen LogP contribution in [0.5, 0.6) is 0 Å². The zero-order chi connectivity index (χ0) is 17.1. The normalized spacial score (nSPS) is 20.6. The number of carbonyl (C=O) groups excluding carboxylic acids is 2. The first-order chi connectivity index (χ1) is 11.5. The third kappa shape index (κ3) is 4.11. The maximum absolute atomic E-state index is 12.2. The summed E-state index contributed by atoms with van der Waals surface area (Å²) in [4.78, 5) is 37.0. The van der Waals surface area contributed by atoms with Crippen LogP contribution in [-0.2, 0) is 9.59 Å². The predicted octanol–water partition coefficient (Wildman–Crippen LogP) is 1.07. The lowest BCUT2D eigenvalue weighted by atomic mass is 10.2. The van der Waals surface area contributed by atoms with Crippen LogP contribution in [-0.4, -0.2) is 53.0 Å². The molecule has 2 fully saturated rings. The van der Waals surface area contributed by atoms with Crippen molar-refractivity contribution in [1.82, 2.24) is 10.2 Å². The molecule has 1 heterocycles. The van der Waals surface area contributed by atoms with E-state index in [1.54, 1.807) is 29.2 Å². The van der Waals surface area contributed by atoms with Crippen LogP contribution in [0.15, 0.2) is 24.3 Å². The van der Waals surface area contributed by atoms with E-state index in [2.05, 4.69) is 10.6 Å². The Hall–Kier alpha value is -2.41. The van der Waals surface area contributed by atoms with Gasteiger partial charge in [-0.25, -0.2) is 0 Å². The highest BCUT2D eigenvalue weighted by Crippen LogP contribution is 2.20. The largest absolute Gasteiger partial charge is 0.480 e. The average molecular weight is 331 g/mol. The van der Waals surface area contributed by atoms with E-state index in [1.807, 2.05) is 0 Å². The van der Waals surface area contributed by atoms with E-state index in [1.165, 1.54) is 0 Å². The van der Waals surface area contributed by atoms with Gasteiger partial charge in [0.05, 0.1) is 6.54 Å². The first-order valence-electron chi connectivity index (χ1n) is 8.20. The van der Waals surface area contributed by atoms with Crippen molar-refractivity contribution in [3.8, 4) is 0 Å². The molecule has 1 aromatic carbocycles. The monoisotopic (exact) mass is 331 g/mol. The highest BCUT2D eigenvalue weighted by molar-refractivity contribution is 5.98. The average Bonchev–Trinajstić information content (AvgIpc) is 3.23. The molecule has 0 bridgehead atoms. The maximum atomic E-state index is 12.2. The predicted molar refractivity (Wildman–Crippen MR) is 87.8 cm³/mol. The van der Waals surface area contributed by atoms with E-state index in [-0.39, 0.29) is 24.4 Å². The molecular weight excluding hydrogens is 310 g/mol. The molecule has 1 atom stereocenters. The fourth-order valence-corrected chi connectivity index (χ4v) is 2.91. The van der Waals surface area contributed by atoms with Crippen molar-refractivity contribution in [1.29, 1.82) is 0 Å². The molecule has 24 heavy (non-hydrogen) atoms. The number of carboxylic acid groups (broad SMARTS) is 1. The molecule has 0 spiro atoms. The minimum atomic E-state index is -0.890. The lowest BCUT2D eigenvalue weighted by Crippen LogP contribution is -2.40. The van der Waals surface area contributed by atoms with Gasteiger partial charge in [0.1, 0.15) is 6.04 Å². The van der Waals surface area contributed by atoms with Crippen LogP contribution in [0.25, 0.3) is 0 Å². The number of nitrogens with one attached hydrogen (secondary N) is 2. The second-order valence-electron chi connectivity index (χ2n) is 6.34. The van der Waals surface area contributed by atoms with Crippen LogP contribution in [0, 0.1) is 0 Å². The standard InChI is InChI=1S/C17H21N3O4/c21-15(10-20-8-2-5-14(20)17(23)24)18-13-4-1-3-11(9-13)16(22)19-12-6-7-12/h1,3-4,9,12,14H,2,5-8,10H2,(H,18,21)(H,19,22)(H,23,24)/t14-/m0/s1. The Balaban J connectivity index is 1.57. The Morgan fingerprint density at radius 2 is 2.00 bits per heavy atom. The number of nitrogens with zero attached hydrogens (tertiary/aromatic N) is 1. The highest BCUT2D eigenvalue weighted by Gasteiger charge is 2.31. The first kappa shape index (κ1) is 16.4. The van der Waals surface area contributed by atoms with Crippen LogP contribution < -0.4 is 10.6 Å². The minimum Gasteiger partial charge on any atom is -0.480 e. The van der Waals surface area contributed by atoms with E-state index in [0.29, 0.717) is 24.2 Å². The Morgan fingerprint density at radius 3 is 2.71 bits per heavy atom. The summed E-state index contributed by atoms with van der Waals surface area (Å²) in [6, 6.07) is 6.45. The van der Waals surface area contributed by atoms with Gasteiger partial charge in [-0.1, -0.05) is 6.07 Å². The maximum Gasteiger partial charge on any atom is 0.320 e. The van der Waals surface area contributed by atoms with Gasteiger partial charge in [-0.3, -0.25) is 19.3 Å². The minimum absolute atomic E-state index is 0.0372. The molecule has 7 heteroatoms. The van der Waals surface area contributed by atoms with Crippen molar-refractivity contribution in [3.63, 3.8) is 0 Å². The molecule has 1 saturated carbocycles. The molecule has 1 aliphatic carbocycles. The molecule has 7 nitrogen and oxygen atoms in total. The molecule has 1 saturated heterocycles. The zero-order valence-corrected chi connectivity index (χ0v) is 13.3. The quantitative estimate of drug-likeness (QED) is 0.724. The van der Waals surface area contributed by atoms with Crippen LogP contribution in [0.2, 0.25) is 0 Å². The lowest BCUT2D eigenvalue weighted by Gasteiger charge is -2.20. The summed E-state index contributed by atoms with van der Waals surface area (Å²) in [6.45, 7) is 0.643. The van der Waals surface area contributed by atoms with Crippen molar-refractivity contribution in [2.24, 2.45) is 0 Å². The zero-order valence-electron chi connectivity index (χ0n) is 13.3. The molecule has 2 aliphatic rings. The van der Waals surface area contributed by atoms with E-state index in [4.69, 9.17) is 5.11 Å². The topological polar surface area (TPSA) is 98.7 Å². The number of carbonyl (C=O) groups is 3. The Morgan fingerprint density at radius 1 is 1.21 bits per heavy atom. The summed E-state index contributed by atoms with van der Waals surface area (Å²) in [5.41, 5.74) is 1.04. The number of hydrogen-bond acceptors (Lipinski definition) is 4. The van der Waals surface area contributed by atoms with Crippen molar-refractivity contribution in [2.75, 3.05) is 18.4 Å². The number of benzene rings is 1. The number of aliphatic carboxylic acids is 1. The van der Waals surface area contributed by atoms with Gasteiger partial charge in [0.2, 0.25) is 5.91 Å². The fraction of sp³-hybridized carbons (Fsp3) is 0.471. The van der Waals surface area contributed by atoms with Crippen molar-refractivity contribution < 1.29 is 19.5 Å². The number of carboxylic acids is 1. The van der Waals surface area contributed by atoms with Gasteiger partial charge in [0.25, 0.3) is 5.91 Å². The van der Waals surface area contributed by atoms with Crippen LogP contribution in [0.3, 0.4) is 0 Å². The van der Waals surface area contributed by atoms with Gasteiger partial charge in [0.15, 0.2) is 0 Å². The van der Waals surface area contributed by atoms with Gasteiger partial charge in [-0.15, -0.1) is 0 Å². The fourth-order valence-electron chi connectivity index (χ4n) is 2.91. The van der Waals surface area contributed by atoms with Crippen LogP contribution in [0.1, 0.15) is 36.0 Å². The Kier molecular flexibility index (Phi) is 4.80. The SMILES string of the molecule is O=C(CN1CCC[C@H]1C(=O)O)Nc1cccc(C(=O)NC2CC2)c1. The Bertz CT molecular complexity index is 657. The molecule has 2 amide bonds. The van der Waals surface area contributed by atoms with Crippen LogP contribution >= 0.6 is 0 Å². The van der Waals surface area contributed by atoms with E-state index >= 15 is 0 Å². The van der Waals surface area contributed by atoms with Gasteiger partial charge in [-0.2, -0.15) is 0 Å². The molecule has 3 N–H and O–H groups in total. The van der Waals surface area contributed by atoms with Crippen molar-refractivity contribution in [2.45, 2.75) is 37.8 Å². The summed E-state index contributed by atoms with van der Waals surface area (Å²) in [5, 5.41) is 14.8. The second-order valence-corrected chi connectivity index (χ2v) is 6.34. The highest BCUT2D eigenvalue weighted by atomic mass is 16.4. The van der Waals surface area contributed by atoms with Gasteiger partial charge in [0, 0.05) is 17.3 Å². The lowest BCUT2D eigenvalue weighted by molar-refractivity contribution is -0.142. The molecule has 1 aromatic rings. The van der Waals surface area contributed by atoms with Gasteiger partial charge >= 0.3 is 5.97 Å². The molecular formula is C17H21N3O4. The summed E-state index contributed by atoms with van der Waals surface area (Å²) < 4.78 is 0. The molecule has 3 rings (SSSR count). The Labute approximate surface area is 140 Å². The van der Waals surface area contributed by atoms with Gasteiger partial charge in [-0.05, 0) is 50.4 Å². The number of hydrogen-bond donors (Lipinski definition) is 3. The number of likely N-dealkylation sites (tertiary alicyclic amines) is 1. The van der Waals surface area contributed by atoms with E-state index in [0.717, 1.165) is 19.3 Å². The van der Waals surface area contributed by atoms with E-state index in [9.17, 15) is 14.4 Å². The first-order valence-corrected chi connectivity index (χ1v) is 8.20. The molecule has 0 radical (unpaired) electrons. The third-order valence-electron chi connectivity index (χ3n) is 4.32. The number of amides is 2. The summed E-state index contributed by atoms with van der Waals surface area (Å²) in [7, 11) is 0. The number of anilines is 1. The summed E-state index contributed by atoms with van der Waals surface area (Å²) >= 11 is 0. The van der Waals surface area contributed by atoms with E-state index < -0.39 is 12.0 Å². The van der Waals surface area contributed by atoms with Crippen molar-refractivity contribution >= 4 is 23.5 Å². The summed E-state index contributed by atoms with van der Waals surface area (Å²) in [5.74, 6) is -1.30.